The van der Waals surface area contributed by atoms with Crippen LogP contribution < -0.4 is 10.6 Å². The number of carbonyl (C=O) groups is 4. The van der Waals surface area contributed by atoms with Crippen LogP contribution in [0, 0.1) is 11.8 Å². The third kappa shape index (κ3) is 13.4. The molecule has 314 valence electrons. The first-order chi connectivity index (χ1) is 25.7. The minimum absolute atomic E-state index is 0.415. The smallest absolute Gasteiger partial charge is 0.459 e. The van der Waals surface area contributed by atoms with Crippen LogP contribution in [0.1, 0.15) is 38.8 Å². The number of hydrogen-bond donors (Lipinski definition) is 4. The predicted molar refractivity (Wildman–Crippen MR) is 178 cm³/mol. The van der Waals surface area contributed by atoms with Crippen LogP contribution in [0.2, 0.25) is 0 Å². The number of nitrogens with one attached hydrogen (secondary N) is 2. The Morgan fingerprint density at radius 1 is 0.589 bits per heavy atom. The molecule has 2 aromatic rings. The van der Waals surface area contributed by atoms with Gasteiger partial charge in [0.1, 0.15) is 37.5 Å². The van der Waals surface area contributed by atoms with E-state index in [0.29, 0.717) is 11.1 Å². The Labute approximate surface area is 316 Å². The van der Waals surface area contributed by atoms with Gasteiger partial charge in [0.25, 0.3) is 11.8 Å². The maximum Gasteiger partial charge on any atom is 0.523 e. The van der Waals surface area contributed by atoms with Gasteiger partial charge in [0, 0.05) is 0 Å². The number of aliphatic hydroxyl groups is 2. The van der Waals surface area contributed by atoms with Crippen LogP contribution >= 0.6 is 0 Å². The topological polar surface area (TPSA) is 238 Å². The number of ether oxygens (including phenoxy) is 2. The van der Waals surface area contributed by atoms with Crippen LogP contribution in [-0.2, 0) is 70.5 Å². The highest BCUT2D eigenvalue weighted by molar-refractivity contribution is 7.87. The predicted octanol–water partition coefficient (Wildman–Crippen LogP) is 1.95. The Morgan fingerprint density at radius 3 is 1.12 bits per heavy atom. The summed E-state index contributed by atoms with van der Waals surface area (Å²) in [5.41, 5.74) is -11.9. The molecule has 0 aliphatic rings. The summed E-state index contributed by atoms with van der Waals surface area (Å²) in [4.78, 5) is 52.4. The van der Waals surface area contributed by atoms with E-state index in [0.717, 1.165) is 0 Å². The summed E-state index contributed by atoms with van der Waals surface area (Å²) in [7, 11) is -13.9. The van der Waals surface area contributed by atoms with Gasteiger partial charge in [-0.2, -0.15) is 43.2 Å². The lowest BCUT2D eigenvalue weighted by atomic mass is 9.99. The quantitative estimate of drug-likeness (QED) is 0.0685. The van der Waals surface area contributed by atoms with Crippen LogP contribution in [0.25, 0.3) is 0 Å². The largest absolute Gasteiger partial charge is 0.523 e. The fourth-order valence-corrected chi connectivity index (χ4v) is 5.52. The molecule has 0 aromatic heterocycles. The van der Waals surface area contributed by atoms with E-state index in [1.54, 1.807) is 47.0 Å². The third-order valence-electron chi connectivity index (χ3n) is 7.40. The summed E-state index contributed by atoms with van der Waals surface area (Å²) in [6.45, 7) is 4.20. The van der Waals surface area contributed by atoms with Crippen LogP contribution in [0.3, 0.4) is 0 Å². The molecule has 6 unspecified atom stereocenters. The van der Waals surface area contributed by atoms with E-state index in [2.05, 4.69) is 8.37 Å². The molecule has 0 bridgehead atoms. The number of carbonyl (C=O) groups excluding carboxylic acids is 4. The van der Waals surface area contributed by atoms with Crippen molar-refractivity contribution in [1.82, 2.24) is 10.6 Å². The number of amides is 2. The van der Waals surface area contributed by atoms with Crippen LogP contribution in [0.4, 0.5) is 26.3 Å². The van der Waals surface area contributed by atoms with Gasteiger partial charge in [-0.15, -0.1) is 0 Å². The zero-order valence-electron chi connectivity index (χ0n) is 29.7. The molecule has 0 aliphatic heterocycles. The minimum Gasteiger partial charge on any atom is -0.459 e. The zero-order valence-corrected chi connectivity index (χ0v) is 31.3. The number of aliphatic hydroxyl groups excluding tert-OH is 2. The van der Waals surface area contributed by atoms with Gasteiger partial charge in [0.05, 0.1) is 0 Å². The van der Waals surface area contributed by atoms with Crippen molar-refractivity contribution in [3.05, 3.63) is 71.8 Å². The Bertz CT molecular complexity index is 1730. The summed E-state index contributed by atoms with van der Waals surface area (Å²) in [5, 5.41) is 25.3. The molecule has 56 heavy (non-hydrogen) atoms. The summed E-state index contributed by atoms with van der Waals surface area (Å²) in [6, 6.07) is 11.9. The second kappa shape index (κ2) is 19.7. The molecule has 6 atom stereocenters. The molecular weight excluding hydrogens is 814 g/mol. The molecule has 4 N–H and O–H groups in total. The molecule has 0 radical (unpaired) electrons. The van der Waals surface area contributed by atoms with Crippen molar-refractivity contribution in [3.8, 4) is 0 Å². The van der Waals surface area contributed by atoms with Gasteiger partial charge < -0.3 is 30.3 Å². The maximum atomic E-state index is 13.4. The van der Waals surface area contributed by atoms with Gasteiger partial charge in [-0.1, -0.05) is 88.4 Å². The summed E-state index contributed by atoms with van der Waals surface area (Å²) >= 11 is 0. The summed E-state index contributed by atoms with van der Waals surface area (Å²) in [6.07, 6.45) is -14.3. The molecular formula is C32H38F6N2O14S2. The first-order valence-electron chi connectivity index (χ1n) is 16.1. The van der Waals surface area contributed by atoms with Gasteiger partial charge in [-0.05, 0) is 23.0 Å². The summed E-state index contributed by atoms with van der Waals surface area (Å²) < 4.78 is 146. The van der Waals surface area contributed by atoms with Crippen LogP contribution in [0.5, 0.6) is 0 Å². The van der Waals surface area contributed by atoms with Crippen molar-refractivity contribution in [2.45, 2.75) is 88.4 Å². The molecule has 0 spiro atoms. The fraction of sp³-hybridized carbons (Fsp3) is 0.500. The van der Waals surface area contributed by atoms with E-state index in [4.69, 9.17) is 9.47 Å². The van der Waals surface area contributed by atoms with Crippen molar-refractivity contribution >= 4 is 44.0 Å². The highest BCUT2D eigenvalue weighted by atomic mass is 32.2. The first kappa shape index (κ1) is 47.8. The molecule has 0 heterocycles. The van der Waals surface area contributed by atoms with Crippen molar-refractivity contribution in [1.29, 1.82) is 0 Å². The third-order valence-corrected chi connectivity index (χ3v) is 9.45. The van der Waals surface area contributed by atoms with Crippen molar-refractivity contribution in [3.63, 3.8) is 0 Å². The summed E-state index contributed by atoms with van der Waals surface area (Å²) in [5.74, 6) is -8.92. The number of hydrogen-bond acceptors (Lipinski definition) is 14. The van der Waals surface area contributed by atoms with Crippen LogP contribution in [-0.4, -0.2) is 98.3 Å². The van der Waals surface area contributed by atoms with E-state index >= 15 is 0 Å². The van der Waals surface area contributed by atoms with E-state index < -0.39 is 117 Å². The Morgan fingerprint density at radius 2 is 0.875 bits per heavy atom. The molecule has 2 aromatic carbocycles. The van der Waals surface area contributed by atoms with Gasteiger partial charge in [-0.3, -0.25) is 9.59 Å². The monoisotopic (exact) mass is 852 g/mol. The van der Waals surface area contributed by atoms with Gasteiger partial charge in [0.2, 0.25) is 0 Å². The molecule has 0 saturated carbocycles. The molecule has 2 rings (SSSR count). The average Bonchev–Trinajstić information content (AvgIpc) is 3.10. The minimum atomic E-state index is -6.97. The molecule has 0 saturated heterocycles. The standard InChI is InChI=1S/C32H38F6N2O14S2/c1-17(2)21(29(45)51-15-19-11-7-5-8-12-19)39-27(43)25(53-55(47,48)31(33,34)35)23(41)24(42)26(54-56(49,50)32(36,37)38)28(44)40-22(18(3)4)30(46)52-16-20-13-9-6-10-14-20/h5-14,17-18,21-26,41-42H,15-16H2,1-4H3,(H,39,43)(H,40,44). The highest BCUT2D eigenvalue weighted by Gasteiger charge is 2.55. The van der Waals surface area contributed by atoms with E-state index in [1.807, 2.05) is 0 Å². The second-order valence-corrected chi connectivity index (χ2v) is 15.6. The van der Waals surface area contributed by atoms with Crippen LogP contribution in [0.15, 0.2) is 60.7 Å². The number of halogens is 6. The van der Waals surface area contributed by atoms with Gasteiger partial charge >= 0.3 is 43.2 Å². The molecule has 0 fully saturated rings. The SMILES string of the molecule is CC(C)C(NC(=O)C(OS(=O)(=O)C(F)(F)F)C(O)C(O)C(OS(=O)(=O)C(F)(F)F)C(=O)NC(C(=O)OCc1ccccc1)C(C)C)C(=O)OCc1ccccc1. The lowest BCUT2D eigenvalue weighted by Crippen LogP contribution is -2.60. The fourth-order valence-electron chi connectivity index (χ4n) is 4.35. The number of rotatable bonds is 19. The Balaban J connectivity index is 2.54. The lowest BCUT2D eigenvalue weighted by Gasteiger charge is -2.32. The van der Waals surface area contributed by atoms with Gasteiger partial charge in [0.15, 0.2) is 12.2 Å². The number of alkyl halides is 6. The van der Waals surface area contributed by atoms with Crippen molar-refractivity contribution in [2.75, 3.05) is 0 Å². The van der Waals surface area contributed by atoms with Crippen molar-refractivity contribution < 1.29 is 90.4 Å². The molecule has 0 aliphatic carbocycles. The van der Waals surface area contributed by atoms with Gasteiger partial charge in [-0.25, -0.2) is 18.0 Å². The number of benzene rings is 2. The molecule has 2 amide bonds. The average molecular weight is 853 g/mol. The number of esters is 2. The Kier molecular flexibility index (Phi) is 16.8. The molecule has 24 heteroatoms. The Hall–Kier alpha value is -4.36. The lowest BCUT2D eigenvalue weighted by molar-refractivity contribution is -0.159. The maximum absolute atomic E-state index is 13.4. The van der Waals surface area contributed by atoms with E-state index in [1.165, 1.54) is 52.0 Å². The van der Waals surface area contributed by atoms with E-state index in [-0.39, 0.29) is 0 Å². The highest BCUT2D eigenvalue weighted by Crippen LogP contribution is 2.30. The van der Waals surface area contributed by atoms with Crippen molar-refractivity contribution in [2.24, 2.45) is 11.8 Å². The second-order valence-electron chi connectivity index (χ2n) is 12.5. The van der Waals surface area contributed by atoms with E-state index in [9.17, 15) is 72.6 Å². The molecule has 16 nitrogen and oxygen atoms in total. The normalized spacial score (nSPS) is 15.9. The first-order valence-corrected chi connectivity index (χ1v) is 18.9. The zero-order chi connectivity index (χ0) is 42.8.